The van der Waals surface area contributed by atoms with Gasteiger partial charge in [0.1, 0.15) is 6.04 Å². The van der Waals surface area contributed by atoms with Crippen molar-refractivity contribution in [2.75, 3.05) is 11.9 Å². The van der Waals surface area contributed by atoms with Crippen LogP contribution in [0.1, 0.15) is 18.4 Å². The number of benzene rings is 2. The van der Waals surface area contributed by atoms with Crippen LogP contribution in [0.25, 0.3) is 10.2 Å². The van der Waals surface area contributed by atoms with E-state index in [0.29, 0.717) is 24.5 Å². The maximum atomic E-state index is 13.0. The van der Waals surface area contributed by atoms with Crippen LogP contribution in [-0.4, -0.2) is 36.2 Å². The molecule has 2 heterocycles. The molecular formula is C19H19N3O3S2. The fraction of sp³-hybridized carbons (Fsp3) is 0.263. The molecule has 1 aromatic heterocycles. The van der Waals surface area contributed by atoms with E-state index >= 15 is 0 Å². The van der Waals surface area contributed by atoms with Gasteiger partial charge < -0.3 is 5.32 Å². The largest absolute Gasteiger partial charge is 0.301 e. The highest BCUT2D eigenvalue weighted by Gasteiger charge is 2.39. The molecule has 6 nitrogen and oxygen atoms in total. The summed E-state index contributed by atoms with van der Waals surface area (Å²) in [5.41, 5.74) is 1.80. The second kappa shape index (κ2) is 7.03. The van der Waals surface area contributed by atoms with Crippen molar-refractivity contribution < 1.29 is 13.2 Å². The Morgan fingerprint density at radius 2 is 1.93 bits per heavy atom. The van der Waals surface area contributed by atoms with Crippen LogP contribution in [0.5, 0.6) is 0 Å². The number of carbonyl (C=O) groups is 1. The maximum absolute atomic E-state index is 13.0. The van der Waals surface area contributed by atoms with Gasteiger partial charge in [-0.05, 0) is 44.0 Å². The summed E-state index contributed by atoms with van der Waals surface area (Å²) in [6.07, 6.45) is 1.16. The van der Waals surface area contributed by atoms with Gasteiger partial charge in [0.15, 0.2) is 5.13 Å². The Labute approximate surface area is 161 Å². The molecule has 140 valence electrons. The van der Waals surface area contributed by atoms with Gasteiger partial charge in [-0.2, -0.15) is 4.31 Å². The smallest absolute Gasteiger partial charge is 0.244 e. The molecule has 0 radical (unpaired) electrons. The van der Waals surface area contributed by atoms with Gasteiger partial charge in [-0.3, -0.25) is 4.79 Å². The minimum absolute atomic E-state index is 0.216. The van der Waals surface area contributed by atoms with Gasteiger partial charge in [0.2, 0.25) is 15.9 Å². The number of carbonyl (C=O) groups excluding carboxylic acids is 1. The summed E-state index contributed by atoms with van der Waals surface area (Å²) in [4.78, 5) is 17.4. The van der Waals surface area contributed by atoms with Gasteiger partial charge in [-0.25, -0.2) is 13.4 Å². The van der Waals surface area contributed by atoms with Crippen LogP contribution in [-0.2, 0) is 14.8 Å². The van der Waals surface area contributed by atoms with Crippen molar-refractivity contribution in [3.63, 3.8) is 0 Å². The number of para-hydroxylation sites is 1. The number of hydrogen-bond acceptors (Lipinski definition) is 5. The quantitative estimate of drug-likeness (QED) is 0.727. The van der Waals surface area contributed by atoms with Crippen molar-refractivity contribution in [1.29, 1.82) is 0 Å². The van der Waals surface area contributed by atoms with E-state index in [-0.39, 0.29) is 10.8 Å². The summed E-state index contributed by atoms with van der Waals surface area (Å²) in [7, 11) is -3.71. The number of amides is 1. The molecule has 2 aromatic carbocycles. The highest BCUT2D eigenvalue weighted by Crippen LogP contribution is 2.29. The molecular weight excluding hydrogens is 382 g/mol. The summed E-state index contributed by atoms with van der Waals surface area (Å²) in [6, 6.07) is 13.6. The number of aryl methyl sites for hydroxylation is 1. The molecule has 0 bridgehead atoms. The van der Waals surface area contributed by atoms with E-state index in [1.165, 1.54) is 15.6 Å². The number of nitrogens with zero attached hydrogens (tertiary/aromatic N) is 2. The van der Waals surface area contributed by atoms with E-state index in [1.807, 2.05) is 31.2 Å². The zero-order valence-electron chi connectivity index (χ0n) is 14.8. The number of thiazole rings is 1. The first-order valence-corrected chi connectivity index (χ1v) is 11.0. The van der Waals surface area contributed by atoms with Gasteiger partial charge in [-0.15, -0.1) is 0 Å². The summed E-state index contributed by atoms with van der Waals surface area (Å²) in [6.45, 7) is 2.24. The Bertz CT molecular complexity index is 1060. The predicted molar refractivity (Wildman–Crippen MR) is 106 cm³/mol. The van der Waals surface area contributed by atoms with Crippen molar-refractivity contribution in [2.45, 2.75) is 30.7 Å². The van der Waals surface area contributed by atoms with Crippen molar-refractivity contribution in [2.24, 2.45) is 0 Å². The van der Waals surface area contributed by atoms with Crippen LogP contribution >= 0.6 is 11.3 Å². The average Bonchev–Trinajstić information content (AvgIpc) is 3.29. The molecule has 1 fully saturated rings. The molecule has 0 saturated carbocycles. The number of rotatable bonds is 4. The monoisotopic (exact) mass is 401 g/mol. The van der Waals surface area contributed by atoms with Crippen molar-refractivity contribution in [3.05, 3.63) is 54.1 Å². The van der Waals surface area contributed by atoms with E-state index < -0.39 is 16.1 Å². The lowest BCUT2D eigenvalue weighted by Crippen LogP contribution is -2.43. The lowest BCUT2D eigenvalue weighted by Gasteiger charge is -2.23. The Balaban J connectivity index is 1.56. The molecule has 1 atom stereocenters. The maximum Gasteiger partial charge on any atom is 0.244 e. The van der Waals surface area contributed by atoms with Crippen LogP contribution in [0, 0.1) is 6.92 Å². The molecule has 0 aliphatic carbocycles. The summed E-state index contributed by atoms with van der Waals surface area (Å²) in [5.74, 6) is -0.331. The fourth-order valence-electron chi connectivity index (χ4n) is 3.25. The van der Waals surface area contributed by atoms with Gasteiger partial charge in [0.05, 0.1) is 15.1 Å². The summed E-state index contributed by atoms with van der Waals surface area (Å²) >= 11 is 1.38. The number of fused-ring (bicyclic) bond motifs is 1. The summed E-state index contributed by atoms with van der Waals surface area (Å²) < 4.78 is 28.3. The molecule has 3 aromatic rings. The van der Waals surface area contributed by atoms with Crippen molar-refractivity contribution in [1.82, 2.24) is 9.29 Å². The predicted octanol–water partition coefficient (Wildman–Crippen LogP) is 3.40. The SMILES string of the molecule is Cc1ccc(S(=O)(=O)N2CCC[C@@H]2C(=O)Nc2nc3ccccc3s2)cc1. The Kier molecular flexibility index (Phi) is 4.71. The van der Waals surface area contributed by atoms with E-state index in [4.69, 9.17) is 0 Å². The summed E-state index contributed by atoms with van der Waals surface area (Å²) in [5, 5.41) is 3.29. The second-order valence-corrected chi connectivity index (χ2v) is 9.48. The Morgan fingerprint density at radius 1 is 1.19 bits per heavy atom. The third-order valence-electron chi connectivity index (χ3n) is 4.66. The Hall–Kier alpha value is -2.29. The Morgan fingerprint density at radius 3 is 2.67 bits per heavy atom. The first-order valence-electron chi connectivity index (χ1n) is 8.70. The molecule has 27 heavy (non-hydrogen) atoms. The van der Waals surface area contributed by atoms with Crippen LogP contribution in [0.3, 0.4) is 0 Å². The van der Waals surface area contributed by atoms with Gasteiger partial charge in [-0.1, -0.05) is 41.2 Å². The first kappa shape index (κ1) is 18.1. The topological polar surface area (TPSA) is 79.4 Å². The fourth-order valence-corrected chi connectivity index (χ4v) is 5.78. The standard InChI is InChI=1S/C19H19N3O3S2/c1-13-8-10-14(11-9-13)27(24,25)22-12-4-6-16(22)18(23)21-19-20-15-5-2-3-7-17(15)26-19/h2-3,5,7-11,16H,4,6,12H2,1H3,(H,20,21,23)/t16-/m1/s1. The third-order valence-corrected chi connectivity index (χ3v) is 7.53. The lowest BCUT2D eigenvalue weighted by molar-refractivity contribution is -0.119. The number of sulfonamides is 1. The highest BCUT2D eigenvalue weighted by molar-refractivity contribution is 7.89. The zero-order chi connectivity index (χ0) is 19.0. The lowest BCUT2D eigenvalue weighted by atomic mass is 10.2. The zero-order valence-corrected chi connectivity index (χ0v) is 16.4. The highest BCUT2D eigenvalue weighted by atomic mass is 32.2. The van der Waals surface area contributed by atoms with E-state index in [9.17, 15) is 13.2 Å². The molecule has 0 unspecified atom stereocenters. The molecule has 4 rings (SSSR count). The molecule has 1 aliphatic heterocycles. The van der Waals surface area contributed by atoms with E-state index in [0.717, 1.165) is 15.8 Å². The molecule has 8 heteroatoms. The number of aromatic nitrogens is 1. The number of nitrogens with one attached hydrogen (secondary N) is 1. The van der Waals surface area contributed by atoms with Crippen LogP contribution < -0.4 is 5.32 Å². The number of anilines is 1. The third kappa shape index (κ3) is 3.47. The molecule has 1 saturated heterocycles. The van der Waals surface area contributed by atoms with Crippen molar-refractivity contribution in [3.8, 4) is 0 Å². The second-order valence-electron chi connectivity index (χ2n) is 6.56. The molecule has 1 amide bonds. The van der Waals surface area contributed by atoms with Crippen LogP contribution in [0.4, 0.5) is 5.13 Å². The molecule has 1 N–H and O–H groups in total. The van der Waals surface area contributed by atoms with Gasteiger partial charge >= 0.3 is 0 Å². The minimum atomic E-state index is -3.71. The van der Waals surface area contributed by atoms with Crippen molar-refractivity contribution >= 4 is 42.6 Å². The van der Waals surface area contributed by atoms with Crippen LogP contribution in [0.2, 0.25) is 0 Å². The normalized spacial score (nSPS) is 18.0. The minimum Gasteiger partial charge on any atom is -0.301 e. The molecule has 1 aliphatic rings. The first-order chi connectivity index (χ1) is 12.9. The van der Waals surface area contributed by atoms with E-state index in [2.05, 4.69) is 10.3 Å². The molecule has 0 spiro atoms. The number of hydrogen-bond donors (Lipinski definition) is 1. The van der Waals surface area contributed by atoms with Gasteiger partial charge in [0, 0.05) is 6.54 Å². The van der Waals surface area contributed by atoms with Gasteiger partial charge in [0.25, 0.3) is 0 Å². The average molecular weight is 402 g/mol. The van der Waals surface area contributed by atoms with E-state index in [1.54, 1.807) is 24.3 Å². The van der Waals surface area contributed by atoms with Crippen LogP contribution in [0.15, 0.2) is 53.4 Å².